The van der Waals surface area contributed by atoms with Crippen molar-refractivity contribution in [3.63, 3.8) is 0 Å². The largest absolute Gasteiger partial charge is 0.394 e. The molecule has 0 aliphatic rings. The third kappa shape index (κ3) is 3.19. The lowest BCUT2D eigenvalue weighted by Gasteiger charge is -2.06. The third-order valence-electron chi connectivity index (χ3n) is 2.68. The average Bonchev–Trinajstić information content (AvgIpc) is 2.47. The van der Waals surface area contributed by atoms with E-state index in [1.165, 1.54) is 0 Å². The number of rotatable bonds is 6. The van der Waals surface area contributed by atoms with E-state index >= 15 is 0 Å². The van der Waals surface area contributed by atoms with Crippen LogP contribution in [-0.2, 0) is 4.74 Å². The molecular weight excluding hydrogens is 262 g/mol. The van der Waals surface area contributed by atoms with E-state index in [1.54, 1.807) is 24.3 Å². The predicted molar refractivity (Wildman–Crippen MR) is 72.6 cm³/mol. The van der Waals surface area contributed by atoms with E-state index in [0.717, 1.165) is 0 Å². The van der Waals surface area contributed by atoms with Gasteiger partial charge in [0.1, 0.15) is 0 Å². The SMILES string of the molecule is O=C(NCCOCCO)c1n[nH]c(=O)c2ccccc12. The van der Waals surface area contributed by atoms with Gasteiger partial charge in [0, 0.05) is 11.9 Å². The van der Waals surface area contributed by atoms with E-state index < -0.39 is 0 Å². The Hall–Kier alpha value is -2.25. The molecule has 1 aromatic carbocycles. The Labute approximate surface area is 114 Å². The number of ether oxygens (including phenoxy) is 1. The monoisotopic (exact) mass is 277 g/mol. The van der Waals surface area contributed by atoms with Gasteiger partial charge in [0.15, 0.2) is 5.69 Å². The summed E-state index contributed by atoms with van der Waals surface area (Å²) in [5, 5.41) is 18.2. The maximum Gasteiger partial charge on any atom is 0.272 e. The quantitative estimate of drug-likeness (QED) is 0.627. The molecule has 1 amide bonds. The minimum absolute atomic E-state index is 0.0555. The maximum absolute atomic E-state index is 12.0. The van der Waals surface area contributed by atoms with Crippen LogP contribution in [0.4, 0.5) is 0 Å². The number of carbonyl (C=O) groups is 1. The van der Waals surface area contributed by atoms with Gasteiger partial charge in [-0.25, -0.2) is 5.10 Å². The lowest BCUT2D eigenvalue weighted by Crippen LogP contribution is -2.29. The zero-order valence-electron chi connectivity index (χ0n) is 10.8. The molecule has 7 heteroatoms. The van der Waals surface area contributed by atoms with E-state index in [4.69, 9.17) is 9.84 Å². The molecule has 1 aromatic heterocycles. The zero-order valence-corrected chi connectivity index (χ0v) is 10.8. The molecule has 0 spiro atoms. The number of aliphatic hydroxyl groups excluding tert-OH is 1. The highest BCUT2D eigenvalue weighted by atomic mass is 16.5. The van der Waals surface area contributed by atoms with Crippen LogP contribution in [0.5, 0.6) is 0 Å². The molecule has 0 bridgehead atoms. The first-order valence-corrected chi connectivity index (χ1v) is 6.18. The number of aromatic nitrogens is 2. The number of aromatic amines is 1. The average molecular weight is 277 g/mol. The first-order valence-electron chi connectivity index (χ1n) is 6.18. The second-order valence-corrected chi connectivity index (χ2v) is 4.04. The number of H-pyrrole nitrogens is 1. The molecule has 0 fully saturated rings. The van der Waals surface area contributed by atoms with Gasteiger partial charge in [0.05, 0.1) is 25.2 Å². The van der Waals surface area contributed by atoms with Crippen LogP contribution < -0.4 is 10.9 Å². The van der Waals surface area contributed by atoms with Crippen LogP contribution >= 0.6 is 0 Å². The number of amides is 1. The molecule has 0 radical (unpaired) electrons. The normalized spacial score (nSPS) is 10.7. The van der Waals surface area contributed by atoms with Crippen molar-refractivity contribution in [2.24, 2.45) is 0 Å². The van der Waals surface area contributed by atoms with Crippen LogP contribution in [0.3, 0.4) is 0 Å². The number of hydrogen-bond donors (Lipinski definition) is 3. The lowest BCUT2D eigenvalue weighted by molar-refractivity contribution is 0.0835. The summed E-state index contributed by atoms with van der Waals surface area (Å²) in [4.78, 5) is 23.6. The Bertz CT molecular complexity index is 653. The van der Waals surface area contributed by atoms with E-state index in [9.17, 15) is 9.59 Å². The zero-order chi connectivity index (χ0) is 14.4. The van der Waals surface area contributed by atoms with Gasteiger partial charge in [0.25, 0.3) is 11.5 Å². The molecule has 20 heavy (non-hydrogen) atoms. The van der Waals surface area contributed by atoms with Crippen molar-refractivity contribution in [2.45, 2.75) is 0 Å². The standard InChI is InChI=1S/C13H15N3O4/c17-6-8-20-7-5-14-13(19)11-9-3-1-2-4-10(9)12(18)16-15-11/h1-4,17H,5-8H2,(H,14,19)(H,16,18). The Balaban J connectivity index is 2.11. The molecule has 2 aromatic rings. The van der Waals surface area contributed by atoms with Crippen molar-refractivity contribution in [2.75, 3.05) is 26.4 Å². The van der Waals surface area contributed by atoms with Crippen LogP contribution in [0.2, 0.25) is 0 Å². The molecule has 0 aliphatic heterocycles. The van der Waals surface area contributed by atoms with E-state index in [-0.39, 0.29) is 30.4 Å². The van der Waals surface area contributed by atoms with Crippen LogP contribution in [0, 0.1) is 0 Å². The Kier molecular flexibility index (Phi) is 4.80. The van der Waals surface area contributed by atoms with Crippen LogP contribution in [0.15, 0.2) is 29.1 Å². The number of fused-ring (bicyclic) bond motifs is 1. The molecule has 0 saturated carbocycles. The van der Waals surface area contributed by atoms with Crippen molar-refractivity contribution in [3.05, 3.63) is 40.3 Å². The van der Waals surface area contributed by atoms with E-state index in [1.807, 2.05) is 0 Å². The molecule has 0 saturated heterocycles. The van der Waals surface area contributed by atoms with E-state index in [2.05, 4.69) is 15.5 Å². The van der Waals surface area contributed by atoms with Gasteiger partial charge in [-0.3, -0.25) is 9.59 Å². The maximum atomic E-state index is 12.0. The number of nitrogens with zero attached hydrogens (tertiary/aromatic N) is 1. The minimum atomic E-state index is -0.384. The van der Waals surface area contributed by atoms with Crippen LogP contribution in [0.1, 0.15) is 10.5 Å². The minimum Gasteiger partial charge on any atom is -0.394 e. The molecule has 0 atom stereocenters. The smallest absolute Gasteiger partial charge is 0.272 e. The molecule has 7 nitrogen and oxygen atoms in total. The Morgan fingerprint density at radius 3 is 2.80 bits per heavy atom. The van der Waals surface area contributed by atoms with Gasteiger partial charge in [-0.15, -0.1) is 0 Å². The molecule has 0 unspecified atom stereocenters. The first-order chi connectivity index (χ1) is 9.74. The number of aliphatic hydroxyl groups is 1. The fourth-order valence-electron chi connectivity index (χ4n) is 1.77. The van der Waals surface area contributed by atoms with Crippen LogP contribution in [-0.4, -0.2) is 47.6 Å². The molecule has 2 rings (SSSR count). The lowest BCUT2D eigenvalue weighted by atomic mass is 10.1. The second kappa shape index (κ2) is 6.78. The van der Waals surface area contributed by atoms with E-state index in [0.29, 0.717) is 23.9 Å². The Morgan fingerprint density at radius 1 is 1.30 bits per heavy atom. The van der Waals surface area contributed by atoms with Crippen molar-refractivity contribution in [3.8, 4) is 0 Å². The number of benzene rings is 1. The van der Waals surface area contributed by atoms with Gasteiger partial charge >= 0.3 is 0 Å². The molecule has 3 N–H and O–H groups in total. The van der Waals surface area contributed by atoms with Gasteiger partial charge < -0.3 is 15.2 Å². The van der Waals surface area contributed by atoms with Gasteiger partial charge in [-0.05, 0) is 6.07 Å². The second-order valence-electron chi connectivity index (χ2n) is 4.04. The molecule has 1 heterocycles. The number of hydrogen-bond acceptors (Lipinski definition) is 5. The third-order valence-corrected chi connectivity index (χ3v) is 2.68. The summed E-state index contributed by atoms with van der Waals surface area (Å²) in [6, 6.07) is 6.78. The summed E-state index contributed by atoms with van der Waals surface area (Å²) in [6.07, 6.45) is 0. The van der Waals surface area contributed by atoms with Crippen molar-refractivity contribution < 1.29 is 14.6 Å². The molecular formula is C13H15N3O4. The summed E-state index contributed by atoms with van der Waals surface area (Å²) in [7, 11) is 0. The van der Waals surface area contributed by atoms with Crippen LogP contribution in [0.25, 0.3) is 10.8 Å². The van der Waals surface area contributed by atoms with Crippen molar-refractivity contribution in [1.29, 1.82) is 0 Å². The van der Waals surface area contributed by atoms with Crippen molar-refractivity contribution in [1.82, 2.24) is 15.5 Å². The summed E-state index contributed by atoms with van der Waals surface area (Å²) in [5.74, 6) is -0.384. The molecule has 0 aliphatic carbocycles. The highest BCUT2D eigenvalue weighted by Crippen LogP contribution is 2.11. The fourth-order valence-corrected chi connectivity index (χ4v) is 1.77. The number of nitrogens with one attached hydrogen (secondary N) is 2. The topological polar surface area (TPSA) is 104 Å². The summed E-state index contributed by atoms with van der Waals surface area (Å²) < 4.78 is 5.03. The fraction of sp³-hybridized carbons (Fsp3) is 0.308. The van der Waals surface area contributed by atoms with Gasteiger partial charge in [-0.1, -0.05) is 18.2 Å². The van der Waals surface area contributed by atoms with Gasteiger partial charge in [0.2, 0.25) is 0 Å². The number of carbonyl (C=O) groups excluding carboxylic acids is 1. The van der Waals surface area contributed by atoms with Crippen molar-refractivity contribution >= 4 is 16.7 Å². The first kappa shape index (κ1) is 14.2. The highest BCUT2D eigenvalue weighted by Gasteiger charge is 2.13. The Morgan fingerprint density at radius 2 is 2.05 bits per heavy atom. The summed E-state index contributed by atoms with van der Waals surface area (Å²) >= 11 is 0. The summed E-state index contributed by atoms with van der Waals surface area (Å²) in [5.41, 5.74) is -0.161. The predicted octanol–water partition coefficient (Wildman–Crippen LogP) is -0.338. The van der Waals surface area contributed by atoms with Gasteiger partial charge in [-0.2, -0.15) is 5.10 Å². The highest BCUT2D eigenvalue weighted by molar-refractivity contribution is 6.04. The molecule has 106 valence electrons. The summed E-state index contributed by atoms with van der Waals surface area (Å²) in [6.45, 7) is 0.775.